The second kappa shape index (κ2) is 5.32. The van der Waals surface area contributed by atoms with Crippen molar-refractivity contribution in [3.8, 4) is 0 Å². The number of rotatable bonds is 2. The number of nitrogens with one attached hydrogen (secondary N) is 1. The van der Waals surface area contributed by atoms with Gasteiger partial charge in [0, 0.05) is 23.0 Å². The Bertz CT molecular complexity index is 940. The molecule has 1 aliphatic heterocycles. The van der Waals surface area contributed by atoms with Gasteiger partial charge in [0.2, 0.25) is 0 Å². The van der Waals surface area contributed by atoms with E-state index in [4.69, 9.17) is 0 Å². The normalized spacial score (nSPS) is 16.4. The van der Waals surface area contributed by atoms with Crippen LogP contribution in [-0.4, -0.2) is 35.8 Å². The molecule has 2 N–H and O–H groups in total. The zero-order chi connectivity index (χ0) is 16.9. The van der Waals surface area contributed by atoms with Gasteiger partial charge in [-0.3, -0.25) is 14.4 Å². The van der Waals surface area contributed by atoms with Crippen LogP contribution >= 0.6 is 22.7 Å². The lowest BCUT2D eigenvalue weighted by Gasteiger charge is -2.26. The van der Waals surface area contributed by atoms with Crippen molar-refractivity contribution in [3.05, 3.63) is 32.6 Å². The van der Waals surface area contributed by atoms with Crippen molar-refractivity contribution in [2.24, 2.45) is 0 Å². The monoisotopic (exact) mass is 371 g/mol. The number of aryl methyl sites for hydroxylation is 2. The van der Waals surface area contributed by atoms with Gasteiger partial charge in [0.25, 0.3) is 15.9 Å². The lowest BCUT2D eigenvalue weighted by Crippen LogP contribution is -2.36. The van der Waals surface area contributed by atoms with Gasteiger partial charge in [0.1, 0.15) is 4.90 Å². The lowest BCUT2D eigenvalue weighted by molar-refractivity contribution is -0.113. The first-order valence-electron chi connectivity index (χ1n) is 6.48. The number of likely N-dealkylation sites (N-methyl/N-ethyl adjacent to an activating group) is 1. The average Bonchev–Trinajstić information content (AvgIpc) is 3.04. The fraction of sp³-hybridized carbons (Fsp3) is 0.231. The van der Waals surface area contributed by atoms with Crippen molar-refractivity contribution in [1.82, 2.24) is 9.29 Å². The molecule has 0 atom stereocenters. The molecule has 0 aromatic carbocycles. The minimum Gasteiger partial charge on any atom is -0.504 e. The highest BCUT2D eigenvalue weighted by Crippen LogP contribution is 2.40. The number of carbonyl (C=O) groups is 1. The molecule has 23 heavy (non-hydrogen) atoms. The number of hydrogen-bond acceptors (Lipinski definition) is 7. The van der Waals surface area contributed by atoms with E-state index in [1.54, 1.807) is 13.1 Å². The molecule has 1 aliphatic rings. The minimum atomic E-state index is -3.87. The smallest absolute Gasteiger partial charge is 0.278 e. The number of nitrogens with zero attached hydrogens (tertiary/aromatic N) is 2. The van der Waals surface area contributed by atoms with Crippen LogP contribution in [0.3, 0.4) is 0 Å². The first-order valence-corrected chi connectivity index (χ1v) is 9.56. The summed E-state index contributed by atoms with van der Waals surface area (Å²) in [6, 6.07) is 1.49. The van der Waals surface area contributed by atoms with Gasteiger partial charge in [-0.25, -0.2) is 13.4 Å². The van der Waals surface area contributed by atoms with Crippen LogP contribution in [0.15, 0.2) is 22.9 Å². The van der Waals surface area contributed by atoms with Crippen LogP contribution in [0.25, 0.3) is 5.76 Å². The van der Waals surface area contributed by atoms with Gasteiger partial charge in [0.05, 0.1) is 4.88 Å². The largest absolute Gasteiger partial charge is 0.504 e. The molecule has 0 saturated heterocycles. The van der Waals surface area contributed by atoms with Gasteiger partial charge in [-0.2, -0.15) is 0 Å². The van der Waals surface area contributed by atoms with Crippen LogP contribution < -0.4 is 5.32 Å². The summed E-state index contributed by atoms with van der Waals surface area (Å²) < 4.78 is 25.9. The zero-order valence-corrected chi connectivity index (χ0v) is 14.9. The molecular weight excluding hydrogens is 358 g/mol. The van der Waals surface area contributed by atoms with Crippen LogP contribution in [0.4, 0.5) is 5.13 Å². The second-order valence-corrected chi connectivity index (χ2v) is 9.38. The summed E-state index contributed by atoms with van der Waals surface area (Å²) in [5.41, 5.74) is -0.313. The molecule has 0 radical (unpaired) electrons. The van der Waals surface area contributed by atoms with E-state index in [1.165, 1.54) is 24.5 Å². The van der Waals surface area contributed by atoms with Gasteiger partial charge in [-0.05, 0) is 19.9 Å². The number of thiophene rings is 1. The van der Waals surface area contributed by atoms with Crippen LogP contribution in [0.2, 0.25) is 0 Å². The summed E-state index contributed by atoms with van der Waals surface area (Å²) in [7, 11) is -2.63. The Morgan fingerprint density at radius 2 is 2.00 bits per heavy atom. The maximum Gasteiger partial charge on any atom is 0.278 e. The Hall–Kier alpha value is -1.91. The summed E-state index contributed by atoms with van der Waals surface area (Å²) in [5, 5.41) is 13.3. The molecule has 0 fully saturated rings. The summed E-state index contributed by atoms with van der Waals surface area (Å²) >= 11 is 2.39. The number of fused-ring (bicyclic) bond motifs is 1. The van der Waals surface area contributed by atoms with E-state index in [0.717, 1.165) is 25.4 Å². The van der Waals surface area contributed by atoms with E-state index in [9.17, 15) is 18.3 Å². The number of sulfonamides is 1. The van der Waals surface area contributed by atoms with E-state index in [2.05, 4.69) is 10.3 Å². The zero-order valence-electron chi connectivity index (χ0n) is 12.4. The number of aliphatic hydroxyl groups is 1. The summed E-state index contributed by atoms with van der Waals surface area (Å²) in [6.45, 7) is 3.58. The number of amides is 1. The van der Waals surface area contributed by atoms with Gasteiger partial charge in [-0.1, -0.05) is 0 Å². The molecule has 10 heteroatoms. The van der Waals surface area contributed by atoms with E-state index < -0.39 is 15.9 Å². The molecule has 122 valence electrons. The van der Waals surface area contributed by atoms with Gasteiger partial charge >= 0.3 is 0 Å². The van der Waals surface area contributed by atoms with Crippen LogP contribution in [-0.2, 0) is 14.8 Å². The second-order valence-electron chi connectivity index (χ2n) is 4.95. The number of aliphatic hydroxyl groups excluding tert-OH is 1. The van der Waals surface area contributed by atoms with Crippen molar-refractivity contribution in [1.29, 1.82) is 0 Å². The van der Waals surface area contributed by atoms with Crippen molar-refractivity contribution in [2.45, 2.75) is 18.7 Å². The van der Waals surface area contributed by atoms with E-state index in [1.807, 2.05) is 6.92 Å². The number of aromatic nitrogens is 1. The van der Waals surface area contributed by atoms with Crippen molar-refractivity contribution < 1.29 is 18.3 Å². The third-order valence-electron chi connectivity index (χ3n) is 3.27. The first-order chi connectivity index (χ1) is 10.7. The highest BCUT2D eigenvalue weighted by atomic mass is 32.2. The van der Waals surface area contributed by atoms with Gasteiger partial charge in [0.15, 0.2) is 16.6 Å². The molecule has 2 aromatic heterocycles. The van der Waals surface area contributed by atoms with E-state index >= 15 is 0 Å². The highest BCUT2D eigenvalue weighted by Gasteiger charge is 2.39. The molecule has 1 amide bonds. The Labute approximate surface area is 141 Å². The van der Waals surface area contributed by atoms with Gasteiger partial charge < -0.3 is 5.11 Å². The predicted molar refractivity (Wildman–Crippen MR) is 89.0 cm³/mol. The third-order valence-corrected chi connectivity index (χ3v) is 7.07. The molecule has 2 aromatic rings. The maximum atomic E-state index is 12.5. The Balaban J connectivity index is 2.08. The number of anilines is 1. The van der Waals surface area contributed by atoms with E-state index in [0.29, 0.717) is 5.13 Å². The molecule has 7 nitrogen and oxygen atoms in total. The van der Waals surface area contributed by atoms with Crippen LogP contribution in [0.1, 0.15) is 14.6 Å². The SMILES string of the molecule is Cc1cnc(NC(=O)C2=C(O)c3sc(C)cc3S(=O)(=O)N2C)s1. The van der Waals surface area contributed by atoms with E-state index in [-0.39, 0.29) is 21.2 Å². The summed E-state index contributed by atoms with van der Waals surface area (Å²) in [6.07, 6.45) is 1.59. The summed E-state index contributed by atoms with van der Waals surface area (Å²) in [5.74, 6) is -1.07. The van der Waals surface area contributed by atoms with Crippen molar-refractivity contribution in [2.75, 3.05) is 12.4 Å². The number of carbonyl (C=O) groups excluding carboxylic acids is 1. The quantitative estimate of drug-likeness (QED) is 0.844. The fourth-order valence-corrected chi connectivity index (χ4v) is 5.58. The Morgan fingerprint density at radius 1 is 1.30 bits per heavy atom. The lowest BCUT2D eigenvalue weighted by atomic mass is 10.3. The fourth-order valence-electron chi connectivity index (χ4n) is 2.19. The molecule has 3 heterocycles. The van der Waals surface area contributed by atoms with Crippen molar-refractivity contribution in [3.63, 3.8) is 0 Å². The topological polar surface area (TPSA) is 99.6 Å². The number of hydrogen-bond donors (Lipinski definition) is 2. The number of thiazole rings is 1. The minimum absolute atomic E-state index is 0.0154. The van der Waals surface area contributed by atoms with Crippen molar-refractivity contribution >= 4 is 49.5 Å². The summed E-state index contributed by atoms with van der Waals surface area (Å²) in [4.78, 5) is 18.3. The van der Waals surface area contributed by atoms with Crippen LogP contribution in [0, 0.1) is 13.8 Å². The molecular formula is C13H13N3O4S3. The Morgan fingerprint density at radius 3 is 2.61 bits per heavy atom. The highest BCUT2D eigenvalue weighted by molar-refractivity contribution is 7.89. The maximum absolute atomic E-state index is 12.5. The molecule has 0 saturated carbocycles. The first kappa shape index (κ1) is 16.0. The molecule has 0 bridgehead atoms. The standard InChI is InChI=1S/C13H13N3O4S3/c1-6-4-8-11(21-6)10(17)9(16(3)23(8,19)20)12(18)15-13-14-5-7(2)22-13/h4-5,17H,1-3H3,(H,14,15,18). The molecule has 0 spiro atoms. The Kier molecular flexibility index (Phi) is 3.69. The predicted octanol–water partition coefficient (Wildman–Crippen LogP) is 2.32. The van der Waals surface area contributed by atoms with Crippen LogP contribution in [0.5, 0.6) is 0 Å². The third kappa shape index (κ3) is 2.52. The molecule has 3 rings (SSSR count). The molecule has 0 aliphatic carbocycles. The molecule has 0 unspecified atom stereocenters. The van der Waals surface area contributed by atoms with Gasteiger partial charge in [-0.15, -0.1) is 22.7 Å². The average molecular weight is 371 g/mol.